The zero-order valence-electron chi connectivity index (χ0n) is 14.8. The minimum Gasteiger partial charge on any atom is -0.495 e. The number of nitrogens with zero attached hydrogens (tertiary/aromatic N) is 2. The van der Waals surface area contributed by atoms with Crippen LogP contribution in [0.1, 0.15) is 17.3 Å². The molecule has 7 nitrogen and oxygen atoms in total. The highest BCUT2D eigenvalue weighted by atomic mass is 35.5. The number of anilines is 1. The Morgan fingerprint density at radius 3 is 2.56 bits per heavy atom. The highest BCUT2D eigenvalue weighted by molar-refractivity contribution is 7.92. The third-order valence-electron chi connectivity index (χ3n) is 3.71. The molecular formula is C18H17ClN2O5S. The molecule has 0 saturated carbocycles. The number of esters is 1. The first-order valence-corrected chi connectivity index (χ1v) is 9.56. The molecule has 0 N–H and O–H groups in total. The zero-order chi connectivity index (χ0) is 20.2. The predicted octanol–water partition coefficient (Wildman–Crippen LogP) is 3.24. The highest BCUT2D eigenvalue weighted by Crippen LogP contribution is 2.32. The molecule has 1 atom stereocenters. The van der Waals surface area contributed by atoms with Crippen molar-refractivity contribution in [2.75, 3.05) is 18.5 Å². The molecule has 0 heterocycles. The topological polar surface area (TPSA) is 96.7 Å². The summed E-state index contributed by atoms with van der Waals surface area (Å²) in [4.78, 5) is 12.0. The molecule has 142 valence electrons. The normalized spacial score (nSPS) is 12.0. The molecule has 2 aromatic carbocycles. The number of methoxy groups -OCH3 is 1. The van der Waals surface area contributed by atoms with Crippen LogP contribution in [0, 0.1) is 11.3 Å². The molecule has 0 fully saturated rings. The van der Waals surface area contributed by atoms with Crippen LogP contribution in [0.5, 0.6) is 5.75 Å². The monoisotopic (exact) mass is 408 g/mol. The first-order chi connectivity index (χ1) is 12.7. The van der Waals surface area contributed by atoms with Gasteiger partial charge in [-0.25, -0.2) is 13.2 Å². The van der Waals surface area contributed by atoms with Gasteiger partial charge in [0.1, 0.15) is 11.8 Å². The van der Waals surface area contributed by atoms with E-state index in [0.717, 1.165) is 10.4 Å². The number of carbonyl (C=O) groups is 1. The third-order valence-corrected chi connectivity index (χ3v) is 5.80. The summed E-state index contributed by atoms with van der Waals surface area (Å²) in [5.41, 5.74) is 0.186. The molecule has 0 radical (unpaired) electrons. The van der Waals surface area contributed by atoms with Crippen LogP contribution in [0.25, 0.3) is 0 Å². The largest absolute Gasteiger partial charge is 0.495 e. The van der Waals surface area contributed by atoms with E-state index in [1.807, 2.05) is 0 Å². The Bertz CT molecular complexity index is 1000. The minimum atomic E-state index is -4.01. The van der Waals surface area contributed by atoms with E-state index in [0.29, 0.717) is 11.4 Å². The second-order valence-electron chi connectivity index (χ2n) is 5.46. The van der Waals surface area contributed by atoms with Crippen molar-refractivity contribution in [2.45, 2.75) is 17.9 Å². The summed E-state index contributed by atoms with van der Waals surface area (Å²) >= 11 is 6.00. The van der Waals surface area contributed by atoms with Gasteiger partial charge in [-0.05, 0) is 37.3 Å². The van der Waals surface area contributed by atoms with Crippen LogP contribution in [-0.2, 0) is 14.8 Å². The van der Waals surface area contributed by atoms with Crippen molar-refractivity contribution in [2.24, 2.45) is 0 Å². The summed E-state index contributed by atoms with van der Waals surface area (Å²) in [6.07, 6.45) is -0.995. The standard InChI is InChI=1S/C18H17ClN2O5S/c1-12(11-20)26-18(22)14-10-13(8-9-15(14)19)27(23,24)21(2)16-6-4-5-7-17(16)25-3/h4-10,12H,1-3H3/t12-/m0/s1. The molecular weight excluding hydrogens is 392 g/mol. The second kappa shape index (κ2) is 8.29. The number of halogens is 1. The van der Waals surface area contributed by atoms with Gasteiger partial charge in [0.25, 0.3) is 10.0 Å². The molecule has 0 bridgehead atoms. The fourth-order valence-corrected chi connectivity index (χ4v) is 3.68. The lowest BCUT2D eigenvalue weighted by molar-refractivity contribution is 0.0435. The molecule has 0 aliphatic carbocycles. The van der Waals surface area contributed by atoms with Crippen LogP contribution in [0.3, 0.4) is 0 Å². The van der Waals surface area contributed by atoms with Gasteiger partial charge in [0.15, 0.2) is 6.10 Å². The Kier molecular flexibility index (Phi) is 6.31. The maximum atomic E-state index is 13.0. The van der Waals surface area contributed by atoms with Crippen molar-refractivity contribution < 1.29 is 22.7 Å². The maximum Gasteiger partial charge on any atom is 0.340 e. The molecule has 0 amide bonds. The van der Waals surface area contributed by atoms with Crippen LogP contribution in [0.15, 0.2) is 47.4 Å². The number of nitriles is 1. The van der Waals surface area contributed by atoms with E-state index < -0.39 is 22.1 Å². The lowest BCUT2D eigenvalue weighted by Crippen LogP contribution is -2.27. The van der Waals surface area contributed by atoms with Crippen molar-refractivity contribution in [3.05, 3.63) is 53.1 Å². The van der Waals surface area contributed by atoms with Gasteiger partial charge in [0, 0.05) is 7.05 Å². The van der Waals surface area contributed by atoms with E-state index in [4.69, 9.17) is 26.3 Å². The Labute approximate surface area is 162 Å². The van der Waals surface area contributed by atoms with E-state index in [-0.39, 0.29) is 15.5 Å². The molecule has 0 aliphatic rings. The van der Waals surface area contributed by atoms with Gasteiger partial charge in [0.2, 0.25) is 0 Å². The average molecular weight is 409 g/mol. The van der Waals surface area contributed by atoms with Crippen molar-refractivity contribution >= 4 is 33.3 Å². The van der Waals surface area contributed by atoms with E-state index in [1.54, 1.807) is 30.3 Å². The number of para-hydroxylation sites is 2. The maximum absolute atomic E-state index is 13.0. The molecule has 0 saturated heterocycles. The molecule has 9 heteroatoms. The molecule has 2 rings (SSSR count). The number of hydrogen-bond donors (Lipinski definition) is 0. The van der Waals surface area contributed by atoms with Gasteiger partial charge in [-0.3, -0.25) is 4.31 Å². The van der Waals surface area contributed by atoms with Crippen molar-refractivity contribution in [1.82, 2.24) is 0 Å². The predicted molar refractivity (Wildman–Crippen MR) is 101 cm³/mol. The Morgan fingerprint density at radius 2 is 1.93 bits per heavy atom. The van der Waals surface area contributed by atoms with Gasteiger partial charge in [-0.15, -0.1) is 0 Å². The number of carbonyl (C=O) groups excluding carboxylic acids is 1. The first-order valence-electron chi connectivity index (χ1n) is 7.74. The van der Waals surface area contributed by atoms with Crippen molar-refractivity contribution in [3.8, 4) is 11.8 Å². The van der Waals surface area contributed by atoms with Crippen LogP contribution in [-0.4, -0.2) is 34.6 Å². The highest BCUT2D eigenvalue weighted by Gasteiger charge is 2.26. The van der Waals surface area contributed by atoms with Crippen LogP contribution in [0.4, 0.5) is 5.69 Å². The van der Waals surface area contributed by atoms with Crippen molar-refractivity contribution in [3.63, 3.8) is 0 Å². The molecule has 2 aromatic rings. The lowest BCUT2D eigenvalue weighted by Gasteiger charge is -2.22. The summed E-state index contributed by atoms with van der Waals surface area (Å²) in [5, 5.41) is 8.77. The number of sulfonamides is 1. The Hall–Kier alpha value is -2.76. The molecule has 0 aromatic heterocycles. The molecule has 0 aliphatic heterocycles. The van der Waals surface area contributed by atoms with Gasteiger partial charge < -0.3 is 9.47 Å². The summed E-state index contributed by atoms with van der Waals surface area (Å²) in [7, 11) is -1.20. The van der Waals surface area contributed by atoms with E-state index in [1.165, 1.54) is 33.2 Å². The Morgan fingerprint density at radius 1 is 1.26 bits per heavy atom. The number of ether oxygens (including phenoxy) is 2. The lowest BCUT2D eigenvalue weighted by atomic mass is 10.2. The fourth-order valence-electron chi connectivity index (χ4n) is 2.25. The third kappa shape index (κ3) is 4.32. The summed E-state index contributed by atoms with van der Waals surface area (Å²) in [5.74, 6) is -0.508. The van der Waals surface area contributed by atoms with Gasteiger partial charge in [-0.1, -0.05) is 23.7 Å². The van der Waals surface area contributed by atoms with E-state index >= 15 is 0 Å². The minimum absolute atomic E-state index is 0.0176. The van der Waals surface area contributed by atoms with Crippen LogP contribution in [0.2, 0.25) is 5.02 Å². The number of benzene rings is 2. The molecule has 27 heavy (non-hydrogen) atoms. The zero-order valence-corrected chi connectivity index (χ0v) is 16.4. The van der Waals surface area contributed by atoms with E-state index in [2.05, 4.69) is 0 Å². The number of hydrogen-bond acceptors (Lipinski definition) is 6. The van der Waals surface area contributed by atoms with Crippen molar-refractivity contribution in [1.29, 1.82) is 5.26 Å². The van der Waals surface area contributed by atoms with Gasteiger partial charge in [0.05, 0.1) is 28.3 Å². The summed E-state index contributed by atoms with van der Waals surface area (Å²) < 4.78 is 37.1. The van der Waals surface area contributed by atoms with Crippen LogP contribution >= 0.6 is 11.6 Å². The number of rotatable bonds is 6. The van der Waals surface area contributed by atoms with Gasteiger partial charge in [-0.2, -0.15) is 5.26 Å². The molecule has 0 unspecified atom stereocenters. The summed E-state index contributed by atoms with van der Waals surface area (Å²) in [6, 6.07) is 12.1. The van der Waals surface area contributed by atoms with Gasteiger partial charge >= 0.3 is 5.97 Å². The SMILES string of the molecule is COc1ccccc1N(C)S(=O)(=O)c1ccc(Cl)c(C(=O)O[C@@H](C)C#N)c1. The van der Waals surface area contributed by atoms with E-state index in [9.17, 15) is 13.2 Å². The fraction of sp³-hybridized carbons (Fsp3) is 0.222. The molecule has 0 spiro atoms. The van der Waals surface area contributed by atoms with Crippen LogP contribution < -0.4 is 9.04 Å². The first kappa shape index (κ1) is 20.6. The summed E-state index contributed by atoms with van der Waals surface area (Å²) in [6.45, 7) is 1.39. The smallest absolute Gasteiger partial charge is 0.340 e. The average Bonchev–Trinajstić information content (AvgIpc) is 2.67. The Balaban J connectivity index is 2.46. The quantitative estimate of drug-likeness (QED) is 0.680. The second-order valence-corrected chi connectivity index (χ2v) is 7.84.